The number of ether oxygens (including phenoxy) is 2. The minimum absolute atomic E-state index is 0.343. The Kier molecular flexibility index (Phi) is 5.59. The number of anilines is 1. The molecule has 0 amide bonds. The fraction of sp³-hybridized carbons (Fsp3) is 0.0741. The lowest BCUT2D eigenvalue weighted by atomic mass is 10.0. The first-order chi connectivity index (χ1) is 16.1. The van der Waals surface area contributed by atoms with Crippen LogP contribution in [0.25, 0.3) is 32.6 Å². The van der Waals surface area contributed by atoms with Crippen LogP contribution < -0.4 is 10.5 Å². The molecule has 164 valence electrons. The van der Waals surface area contributed by atoms with E-state index in [0.29, 0.717) is 22.9 Å². The highest BCUT2D eigenvalue weighted by molar-refractivity contribution is 7.21. The van der Waals surface area contributed by atoms with Gasteiger partial charge in [0.25, 0.3) is 0 Å². The summed E-state index contributed by atoms with van der Waals surface area (Å²) in [5.74, 6) is 0.368. The number of hydrogen-bond donors (Lipinski definition) is 2. The third-order valence-electron chi connectivity index (χ3n) is 5.46. The second kappa shape index (κ2) is 8.84. The van der Waals surface area contributed by atoms with Gasteiger partial charge in [-0.15, -0.1) is 11.3 Å². The van der Waals surface area contributed by atoms with Gasteiger partial charge in [-0.2, -0.15) is 0 Å². The summed E-state index contributed by atoms with van der Waals surface area (Å²) in [7, 11) is 1.39. The maximum absolute atomic E-state index is 12.1. The molecule has 5 rings (SSSR count). The monoisotopic (exact) mass is 454 g/mol. The second-order valence-corrected chi connectivity index (χ2v) is 8.66. The van der Waals surface area contributed by atoms with E-state index in [-0.39, 0.29) is 5.97 Å². The average Bonchev–Trinajstić information content (AvgIpc) is 3.41. The Morgan fingerprint density at radius 3 is 2.39 bits per heavy atom. The number of carbonyl (C=O) groups excluding carboxylic acids is 1. The van der Waals surface area contributed by atoms with E-state index in [2.05, 4.69) is 17.1 Å². The summed E-state index contributed by atoms with van der Waals surface area (Å²) in [6.07, 6.45) is 0. The Labute approximate surface area is 195 Å². The molecule has 0 atom stereocenters. The first-order valence-corrected chi connectivity index (χ1v) is 11.3. The first kappa shape index (κ1) is 20.8. The van der Waals surface area contributed by atoms with Gasteiger partial charge in [0.05, 0.1) is 23.0 Å². The number of carbonyl (C=O) groups is 1. The van der Waals surface area contributed by atoms with Gasteiger partial charge in [-0.3, -0.25) is 0 Å². The molecule has 2 heterocycles. The molecule has 5 aromatic rings. The van der Waals surface area contributed by atoms with E-state index < -0.39 is 0 Å². The number of benzene rings is 3. The quantitative estimate of drug-likeness (QED) is 0.226. The molecule has 0 saturated heterocycles. The van der Waals surface area contributed by atoms with Gasteiger partial charge >= 0.3 is 5.97 Å². The van der Waals surface area contributed by atoms with Crippen LogP contribution in [0.3, 0.4) is 0 Å². The van der Waals surface area contributed by atoms with Crippen molar-refractivity contribution < 1.29 is 14.3 Å². The van der Waals surface area contributed by atoms with Crippen molar-refractivity contribution in [1.82, 2.24) is 4.98 Å². The second-order valence-electron chi connectivity index (χ2n) is 7.61. The highest BCUT2D eigenvalue weighted by Gasteiger charge is 2.21. The zero-order chi connectivity index (χ0) is 22.8. The van der Waals surface area contributed by atoms with Gasteiger partial charge in [-0.25, -0.2) is 4.79 Å². The molecule has 0 radical (unpaired) electrons. The lowest BCUT2D eigenvalue weighted by Crippen LogP contribution is -1.98. The molecule has 0 aliphatic rings. The lowest BCUT2D eigenvalue weighted by molar-refractivity contribution is 0.0606. The summed E-state index contributed by atoms with van der Waals surface area (Å²) >= 11 is 1.41. The van der Waals surface area contributed by atoms with Crippen molar-refractivity contribution in [2.45, 2.75) is 6.61 Å². The Bertz CT molecular complexity index is 1420. The molecule has 0 aliphatic carbocycles. The van der Waals surface area contributed by atoms with Gasteiger partial charge in [0.2, 0.25) is 0 Å². The van der Waals surface area contributed by atoms with Gasteiger partial charge in [0.1, 0.15) is 17.2 Å². The molecule has 3 N–H and O–H groups in total. The van der Waals surface area contributed by atoms with Crippen LogP contribution in [-0.4, -0.2) is 18.1 Å². The van der Waals surface area contributed by atoms with Crippen molar-refractivity contribution in [2.75, 3.05) is 12.8 Å². The van der Waals surface area contributed by atoms with Crippen molar-refractivity contribution in [2.24, 2.45) is 0 Å². The number of nitrogens with two attached hydrogens (primary N) is 1. The first-order valence-electron chi connectivity index (χ1n) is 10.5. The molecule has 2 aromatic heterocycles. The number of methoxy groups -OCH3 is 1. The Balaban J connectivity index is 1.55. The molecule has 0 saturated carbocycles. The number of thiophene rings is 1. The van der Waals surface area contributed by atoms with Crippen LogP contribution in [0.15, 0.2) is 84.9 Å². The average molecular weight is 455 g/mol. The lowest BCUT2D eigenvalue weighted by Gasteiger charge is -2.11. The maximum Gasteiger partial charge on any atom is 0.348 e. The van der Waals surface area contributed by atoms with E-state index in [9.17, 15) is 4.79 Å². The topological polar surface area (TPSA) is 77.3 Å². The summed E-state index contributed by atoms with van der Waals surface area (Å²) < 4.78 is 11.8. The third-order valence-corrected chi connectivity index (χ3v) is 6.59. The number of aromatic nitrogens is 1. The summed E-state index contributed by atoms with van der Waals surface area (Å²) in [6, 6.07) is 27.7. The maximum atomic E-state index is 12.1. The molecule has 0 bridgehead atoms. The highest BCUT2D eigenvalue weighted by Crippen LogP contribution is 2.44. The minimum atomic E-state index is -0.343. The molecule has 0 spiro atoms. The predicted octanol–water partition coefficient (Wildman–Crippen LogP) is 6.51. The smallest absolute Gasteiger partial charge is 0.348 e. The number of fused-ring (bicyclic) bond motifs is 1. The van der Waals surface area contributed by atoms with E-state index in [1.807, 2.05) is 72.8 Å². The van der Waals surface area contributed by atoms with E-state index in [0.717, 1.165) is 38.2 Å². The molecule has 3 aromatic carbocycles. The van der Waals surface area contributed by atoms with Gasteiger partial charge in [0.15, 0.2) is 0 Å². The van der Waals surface area contributed by atoms with Crippen molar-refractivity contribution in [3.8, 4) is 28.1 Å². The molecule has 0 aliphatic heterocycles. The Morgan fingerprint density at radius 1 is 0.970 bits per heavy atom. The third kappa shape index (κ3) is 4.08. The van der Waals surface area contributed by atoms with Crippen molar-refractivity contribution >= 4 is 33.2 Å². The summed E-state index contributed by atoms with van der Waals surface area (Å²) in [5, 5.41) is 0. The van der Waals surface area contributed by atoms with Crippen LogP contribution in [0.5, 0.6) is 5.75 Å². The highest BCUT2D eigenvalue weighted by atomic mass is 32.1. The van der Waals surface area contributed by atoms with Crippen LogP contribution >= 0.6 is 11.3 Å². The zero-order valence-corrected chi connectivity index (χ0v) is 18.8. The Morgan fingerprint density at radius 2 is 1.70 bits per heavy atom. The SMILES string of the molecule is COC(=O)c1cc2[nH]c(-c3ccc(OCc4ccccc4)cc3N)c(-c3ccccc3)c2s1. The van der Waals surface area contributed by atoms with Crippen molar-refractivity contribution in [3.63, 3.8) is 0 Å². The Hall–Kier alpha value is -4.03. The van der Waals surface area contributed by atoms with Crippen LogP contribution in [-0.2, 0) is 11.3 Å². The number of H-pyrrole nitrogens is 1. The number of rotatable bonds is 6. The molecule has 33 heavy (non-hydrogen) atoms. The van der Waals surface area contributed by atoms with Gasteiger partial charge in [-0.05, 0) is 29.3 Å². The normalized spacial score (nSPS) is 10.9. The van der Waals surface area contributed by atoms with Gasteiger partial charge < -0.3 is 20.2 Å². The summed E-state index contributed by atoms with van der Waals surface area (Å²) in [4.78, 5) is 16.1. The molecular weight excluding hydrogens is 432 g/mol. The fourth-order valence-corrected chi connectivity index (χ4v) is 4.97. The van der Waals surface area contributed by atoms with E-state index >= 15 is 0 Å². The number of aromatic amines is 1. The minimum Gasteiger partial charge on any atom is -0.489 e. The number of nitrogens with one attached hydrogen (secondary N) is 1. The van der Waals surface area contributed by atoms with Crippen molar-refractivity contribution in [1.29, 1.82) is 0 Å². The molecule has 0 fully saturated rings. The van der Waals surface area contributed by atoms with Crippen LogP contribution in [0.1, 0.15) is 15.2 Å². The standard InChI is InChI=1S/C27H22N2O3S/c1-31-27(30)23-15-22-26(33-23)24(18-10-6-3-7-11-18)25(29-22)20-13-12-19(14-21(20)28)32-16-17-8-4-2-5-9-17/h2-15,29H,16,28H2,1H3. The zero-order valence-electron chi connectivity index (χ0n) is 18.0. The van der Waals surface area contributed by atoms with Crippen LogP contribution in [0.2, 0.25) is 0 Å². The number of esters is 1. The molecule has 0 unspecified atom stereocenters. The predicted molar refractivity (Wildman–Crippen MR) is 134 cm³/mol. The number of nitrogen functional groups attached to an aromatic ring is 1. The fourth-order valence-electron chi connectivity index (χ4n) is 3.86. The van der Waals surface area contributed by atoms with E-state index in [1.54, 1.807) is 0 Å². The van der Waals surface area contributed by atoms with Crippen molar-refractivity contribution in [3.05, 3.63) is 95.4 Å². The van der Waals surface area contributed by atoms with E-state index in [1.165, 1.54) is 18.4 Å². The van der Waals surface area contributed by atoms with E-state index in [4.69, 9.17) is 15.2 Å². The summed E-state index contributed by atoms with van der Waals surface area (Å²) in [6.45, 7) is 0.476. The van der Waals surface area contributed by atoms with Gasteiger partial charge in [-0.1, -0.05) is 60.7 Å². The molecule has 6 heteroatoms. The van der Waals surface area contributed by atoms with Gasteiger partial charge in [0, 0.05) is 22.9 Å². The number of hydrogen-bond acceptors (Lipinski definition) is 5. The van der Waals surface area contributed by atoms with Crippen LogP contribution in [0, 0.1) is 0 Å². The van der Waals surface area contributed by atoms with Crippen LogP contribution in [0.4, 0.5) is 5.69 Å². The summed E-state index contributed by atoms with van der Waals surface area (Å²) in [5.41, 5.74) is 12.9. The molecular formula is C27H22N2O3S. The largest absolute Gasteiger partial charge is 0.489 e. The molecule has 5 nitrogen and oxygen atoms in total.